The number of halogens is 4. The number of hydrogen-bond acceptors (Lipinski definition) is 5. The molecule has 1 aliphatic heterocycles. The third-order valence-corrected chi connectivity index (χ3v) is 7.10. The van der Waals surface area contributed by atoms with E-state index in [0.717, 1.165) is 17.7 Å². The fourth-order valence-electron chi connectivity index (χ4n) is 3.57. The predicted octanol–water partition coefficient (Wildman–Crippen LogP) is 6.82. The first-order valence-electron chi connectivity index (χ1n) is 11.3. The smallest absolute Gasteiger partial charge is 0.416 e. The second kappa shape index (κ2) is 12.0. The second-order valence-electron chi connectivity index (χ2n) is 8.17. The maximum Gasteiger partial charge on any atom is 0.416 e. The zero-order chi connectivity index (χ0) is 27.3. The second-order valence-corrected chi connectivity index (χ2v) is 10.3. The van der Waals surface area contributed by atoms with Gasteiger partial charge in [0, 0.05) is 12.2 Å². The highest BCUT2D eigenvalue weighted by Crippen LogP contribution is 2.34. The van der Waals surface area contributed by atoms with Crippen molar-refractivity contribution in [3.63, 3.8) is 0 Å². The van der Waals surface area contributed by atoms with Gasteiger partial charge in [0.1, 0.15) is 10.1 Å². The number of rotatable bonds is 8. The Labute approximate surface area is 231 Å². The minimum Gasteiger partial charge on any atom is -0.482 e. The molecule has 0 aliphatic carbocycles. The van der Waals surface area contributed by atoms with Gasteiger partial charge in [-0.1, -0.05) is 78.0 Å². The summed E-state index contributed by atoms with van der Waals surface area (Å²) in [7, 11) is 0. The summed E-state index contributed by atoms with van der Waals surface area (Å²) in [5.74, 6) is -0.624. The first-order valence-corrected chi connectivity index (χ1v) is 12.9. The number of carbonyl (C=O) groups excluding carboxylic acids is 2. The lowest BCUT2D eigenvalue weighted by Gasteiger charge is -2.14. The van der Waals surface area contributed by atoms with Crippen molar-refractivity contribution in [3.8, 4) is 5.75 Å². The average Bonchev–Trinajstić information content (AvgIpc) is 3.14. The van der Waals surface area contributed by atoms with E-state index in [2.05, 4.69) is 5.32 Å². The Kier molecular flexibility index (Phi) is 8.76. The Morgan fingerprint density at radius 3 is 2.55 bits per heavy atom. The van der Waals surface area contributed by atoms with Crippen LogP contribution in [-0.4, -0.2) is 34.2 Å². The number of benzene rings is 3. The first-order chi connectivity index (χ1) is 18.1. The molecule has 1 N–H and O–H groups in total. The minimum atomic E-state index is -4.52. The van der Waals surface area contributed by atoms with Crippen LogP contribution in [0.1, 0.15) is 16.7 Å². The van der Waals surface area contributed by atoms with E-state index in [1.165, 1.54) is 23.9 Å². The number of thiocarbonyl (C=S) groups is 1. The van der Waals surface area contributed by atoms with Crippen LogP contribution in [0, 0.1) is 0 Å². The standard InChI is InChI=1S/C27H20ClF3N2O3S2/c28-21-13-18(14-23-25(35)33(26(37)38-23)12-11-17-5-2-1-3-6-17)9-10-22(21)36-16-24(34)32-20-8-4-7-19(15-20)27(29,30)31/h1-10,13-15H,11-12,16H2,(H,32,34)/b23-14-. The van der Waals surface area contributed by atoms with Crippen LogP contribution in [0.25, 0.3) is 6.08 Å². The molecule has 38 heavy (non-hydrogen) atoms. The minimum absolute atomic E-state index is 0.00375. The highest BCUT2D eigenvalue weighted by Gasteiger charge is 2.32. The SMILES string of the molecule is O=C(COc1ccc(/C=C2\SC(=S)N(CCc3ccccc3)C2=O)cc1Cl)Nc1cccc(C(F)(F)F)c1. The molecule has 0 unspecified atom stereocenters. The number of hydrogen-bond donors (Lipinski definition) is 1. The normalized spacial score (nSPS) is 14.7. The number of alkyl halides is 3. The lowest BCUT2D eigenvalue weighted by atomic mass is 10.1. The Balaban J connectivity index is 1.34. The monoisotopic (exact) mass is 576 g/mol. The molecule has 0 aromatic heterocycles. The summed E-state index contributed by atoms with van der Waals surface area (Å²) in [6.45, 7) is 0.0114. The van der Waals surface area contributed by atoms with E-state index in [4.69, 9.17) is 28.6 Å². The van der Waals surface area contributed by atoms with Gasteiger partial charge in [-0.15, -0.1) is 0 Å². The molecular formula is C27H20ClF3N2O3S2. The van der Waals surface area contributed by atoms with Crippen LogP contribution in [0.3, 0.4) is 0 Å². The summed E-state index contributed by atoms with van der Waals surface area (Å²) in [6.07, 6.45) is -2.16. The molecule has 1 aliphatic rings. The summed E-state index contributed by atoms with van der Waals surface area (Å²) >= 11 is 12.9. The fraction of sp³-hybridized carbons (Fsp3) is 0.148. The molecule has 1 fully saturated rings. The van der Waals surface area contributed by atoms with Crippen LogP contribution < -0.4 is 10.1 Å². The molecule has 0 atom stereocenters. The highest BCUT2D eigenvalue weighted by molar-refractivity contribution is 8.26. The lowest BCUT2D eigenvalue weighted by Crippen LogP contribution is -2.30. The summed E-state index contributed by atoms with van der Waals surface area (Å²) < 4.78 is 44.5. The molecule has 0 spiro atoms. The molecule has 3 aromatic rings. The highest BCUT2D eigenvalue weighted by atomic mass is 35.5. The van der Waals surface area contributed by atoms with E-state index in [9.17, 15) is 22.8 Å². The molecule has 5 nitrogen and oxygen atoms in total. The molecule has 11 heteroatoms. The van der Waals surface area contributed by atoms with Crippen molar-refractivity contribution in [2.24, 2.45) is 0 Å². The first kappa shape index (κ1) is 27.7. The quantitative estimate of drug-likeness (QED) is 0.236. The lowest BCUT2D eigenvalue weighted by molar-refractivity contribution is -0.137. The number of nitrogens with zero attached hydrogens (tertiary/aromatic N) is 1. The summed E-state index contributed by atoms with van der Waals surface area (Å²) in [6, 6.07) is 18.9. The zero-order valence-electron chi connectivity index (χ0n) is 19.6. The van der Waals surface area contributed by atoms with Gasteiger partial charge >= 0.3 is 6.18 Å². The van der Waals surface area contributed by atoms with Crippen molar-refractivity contribution in [3.05, 3.63) is 99.4 Å². The van der Waals surface area contributed by atoms with Crippen LogP contribution >= 0.6 is 35.6 Å². The number of anilines is 1. The van der Waals surface area contributed by atoms with E-state index in [1.807, 2.05) is 30.3 Å². The maximum absolute atomic E-state index is 12.9. The van der Waals surface area contributed by atoms with E-state index < -0.39 is 24.3 Å². The van der Waals surface area contributed by atoms with Crippen LogP contribution in [0.2, 0.25) is 5.02 Å². The van der Waals surface area contributed by atoms with E-state index in [-0.39, 0.29) is 22.4 Å². The van der Waals surface area contributed by atoms with Gasteiger partial charge < -0.3 is 10.1 Å². The molecule has 4 rings (SSSR count). The molecular weight excluding hydrogens is 557 g/mol. The number of ether oxygens (including phenoxy) is 1. The average molecular weight is 577 g/mol. The van der Waals surface area contributed by atoms with Crippen LogP contribution in [0.15, 0.2) is 77.7 Å². The van der Waals surface area contributed by atoms with Crippen LogP contribution in [-0.2, 0) is 22.2 Å². The molecule has 0 saturated carbocycles. The van der Waals surface area contributed by atoms with Crippen LogP contribution in [0.5, 0.6) is 5.75 Å². The predicted molar refractivity (Wildman–Crippen MR) is 147 cm³/mol. The Hall–Kier alpha value is -3.34. The van der Waals surface area contributed by atoms with Crippen molar-refractivity contribution in [2.45, 2.75) is 12.6 Å². The van der Waals surface area contributed by atoms with Gasteiger partial charge in [-0.2, -0.15) is 13.2 Å². The number of carbonyl (C=O) groups is 2. The third kappa shape index (κ3) is 7.15. The summed E-state index contributed by atoms with van der Waals surface area (Å²) in [5.41, 5.74) is 0.870. The van der Waals surface area contributed by atoms with Gasteiger partial charge in [0.15, 0.2) is 6.61 Å². The van der Waals surface area contributed by atoms with Gasteiger partial charge in [-0.3, -0.25) is 14.5 Å². The Morgan fingerprint density at radius 1 is 1.08 bits per heavy atom. The van der Waals surface area contributed by atoms with Crippen molar-refractivity contribution < 1.29 is 27.5 Å². The van der Waals surface area contributed by atoms with Crippen LogP contribution in [0.4, 0.5) is 18.9 Å². The van der Waals surface area contributed by atoms with Gasteiger partial charge in [0.25, 0.3) is 11.8 Å². The summed E-state index contributed by atoms with van der Waals surface area (Å²) in [4.78, 5) is 27.1. The van der Waals surface area contributed by atoms with E-state index in [0.29, 0.717) is 27.8 Å². The van der Waals surface area contributed by atoms with Gasteiger partial charge in [0.05, 0.1) is 15.5 Å². The Bertz CT molecular complexity index is 1400. The van der Waals surface area contributed by atoms with E-state index in [1.54, 1.807) is 29.2 Å². The van der Waals surface area contributed by atoms with Crippen molar-refractivity contribution in [2.75, 3.05) is 18.5 Å². The van der Waals surface area contributed by atoms with Crippen molar-refractivity contribution in [1.29, 1.82) is 0 Å². The molecule has 1 saturated heterocycles. The van der Waals surface area contributed by atoms with Crippen molar-refractivity contribution in [1.82, 2.24) is 4.90 Å². The summed E-state index contributed by atoms with van der Waals surface area (Å²) in [5, 5.41) is 2.56. The third-order valence-electron chi connectivity index (χ3n) is 5.43. The van der Waals surface area contributed by atoms with Gasteiger partial charge in [-0.25, -0.2) is 0 Å². The van der Waals surface area contributed by atoms with Gasteiger partial charge in [0.2, 0.25) is 0 Å². The topological polar surface area (TPSA) is 58.6 Å². The fourth-order valence-corrected chi connectivity index (χ4v) is 5.12. The molecule has 3 aromatic carbocycles. The van der Waals surface area contributed by atoms with Crippen molar-refractivity contribution >= 4 is 63.5 Å². The van der Waals surface area contributed by atoms with Gasteiger partial charge in [-0.05, 0) is 54.0 Å². The molecule has 2 amide bonds. The van der Waals surface area contributed by atoms with E-state index >= 15 is 0 Å². The number of thioether (sulfide) groups is 1. The molecule has 0 radical (unpaired) electrons. The Morgan fingerprint density at radius 2 is 1.84 bits per heavy atom. The molecule has 0 bridgehead atoms. The maximum atomic E-state index is 12.9. The number of nitrogens with one attached hydrogen (secondary N) is 1. The largest absolute Gasteiger partial charge is 0.482 e. The number of amides is 2. The molecule has 1 heterocycles. The zero-order valence-corrected chi connectivity index (χ0v) is 22.0. The molecule has 196 valence electrons.